The van der Waals surface area contributed by atoms with Crippen LogP contribution in [0.4, 0.5) is 0 Å². The molecule has 0 aliphatic carbocycles. The topological polar surface area (TPSA) is 0 Å². The van der Waals surface area contributed by atoms with Crippen LogP contribution in [0.15, 0.2) is 0 Å². The van der Waals surface area contributed by atoms with Crippen LogP contribution < -0.4 is 0 Å². The van der Waals surface area contributed by atoms with Crippen LogP contribution in [0.5, 0.6) is 0 Å². The fourth-order valence-corrected chi connectivity index (χ4v) is 4.88. The Hall–Kier alpha value is 1.70. The number of unbranched alkanes of at least 4 members (excludes halogenated alkanes) is 5. The molecule has 0 bridgehead atoms. The average Bonchev–Trinajstić information content (AvgIpc) is 2.01. The predicted octanol–water partition coefficient (Wildman–Crippen LogP) is 5.16. The van der Waals surface area contributed by atoms with Gasteiger partial charge in [-0.05, 0) is 12.2 Å². The molecule has 0 aromatic rings. The van der Waals surface area contributed by atoms with E-state index in [4.69, 9.17) is 11.8 Å². The van der Waals surface area contributed by atoms with Gasteiger partial charge in [0.2, 0.25) is 0 Å². The van der Waals surface area contributed by atoms with Crippen LogP contribution in [0.3, 0.4) is 0 Å². The van der Waals surface area contributed by atoms with Crippen molar-refractivity contribution in [3.63, 3.8) is 0 Å². The lowest BCUT2D eigenvalue weighted by molar-refractivity contribution is 0.627. The molecule has 0 radical (unpaired) electrons. The Bertz CT molecular complexity index is 154. The molecule has 0 amide bonds. The fourth-order valence-electron chi connectivity index (χ4n) is 1.07. The molecule has 0 saturated heterocycles. The monoisotopic (exact) mass is 274 g/mol. The highest BCUT2D eigenvalue weighted by atomic mass is 33.5. The van der Waals surface area contributed by atoms with Gasteiger partial charge in [0.05, 0.1) is 0 Å². The zero-order valence-electron chi connectivity index (χ0n) is 8.11. The van der Waals surface area contributed by atoms with Crippen molar-refractivity contribution in [3.05, 3.63) is 0 Å². The van der Waals surface area contributed by atoms with Crippen molar-refractivity contribution in [3.8, 4) is 0 Å². The van der Waals surface area contributed by atoms with E-state index in [1.54, 1.807) is 11.4 Å². The van der Waals surface area contributed by atoms with Crippen LogP contribution in [-0.2, 0) is 11.8 Å². The molecule has 0 heterocycles. The third-order valence-electron chi connectivity index (χ3n) is 1.76. The van der Waals surface area contributed by atoms with Gasteiger partial charge in [0.25, 0.3) is 0 Å². The van der Waals surface area contributed by atoms with Gasteiger partial charge in [0.15, 0.2) is 0 Å². The van der Waals surface area contributed by atoms with E-state index < -0.39 is 3.64 Å². The van der Waals surface area contributed by atoms with Crippen molar-refractivity contribution in [2.75, 3.05) is 5.75 Å². The normalized spacial score (nSPS) is 11.9. The first-order valence-corrected chi connectivity index (χ1v) is 11.5. The molecule has 0 fully saturated rings. The molecule has 0 saturated carbocycles. The SMILES string of the molecule is CCCCCCCCSP(=S)(S)S. The van der Waals surface area contributed by atoms with Gasteiger partial charge in [-0.2, -0.15) is 0 Å². The van der Waals surface area contributed by atoms with Crippen molar-refractivity contribution in [1.29, 1.82) is 0 Å². The van der Waals surface area contributed by atoms with Crippen molar-refractivity contribution in [2.45, 2.75) is 45.4 Å². The highest BCUT2D eigenvalue weighted by Gasteiger charge is 2.03. The first-order chi connectivity index (χ1) is 6.06. The van der Waals surface area contributed by atoms with Crippen molar-refractivity contribution >= 4 is 51.3 Å². The second kappa shape index (κ2) is 8.96. The van der Waals surface area contributed by atoms with E-state index in [0.29, 0.717) is 0 Å². The molecular weight excluding hydrogens is 255 g/mol. The summed E-state index contributed by atoms with van der Waals surface area (Å²) in [7, 11) is 0. The van der Waals surface area contributed by atoms with E-state index >= 15 is 0 Å². The summed E-state index contributed by atoms with van der Waals surface area (Å²) in [6.07, 6.45) is 8.07. The summed E-state index contributed by atoms with van der Waals surface area (Å²) in [4.78, 5) is 0. The summed E-state index contributed by atoms with van der Waals surface area (Å²) >= 11 is 15.4. The van der Waals surface area contributed by atoms with Gasteiger partial charge < -0.3 is 0 Å². The minimum Gasteiger partial charge on any atom is -0.122 e. The summed E-state index contributed by atoms with van der Waals surface area (Å²) in [5.74, 6) is 1.14. The van der Waals surface area contributed by atoms with E-state index in [2.05, 4.69) is 31.4 Å². The highest BCUT2D eigenvalue weighted by molar-refractivity contribution is 9.17. The molecule has 80 valence electrons. The van der Waals surface area contributed by atoms with Crippen molar-refractivity contribution < 1.29 is 0 Å². The van der Waals surface area contributed by atoms with E-state index in [-0.39, 0.29) is 0 Å². The minimum absolute atomic E-state index is 1.14. The van der Waals surface area contributed by atoms with Crippen LogP contribution in [0.2, 0.25) is 0 Å². The maximum Gasteiger partial charge on any atom is 0.103 e. The zero-order valence-corrected chi connectivity index (χ0v) is 12.4. The molecule has 0 spiro atoms. The number of rotatable bonds is 8. The molecule has 5 heteroatoms. The van der Waals surface area contributed by atoms with Crippen molar-refractivity contribution in [2.24, 2.45) is 0 Å². The van der Waals surface area contributed by atoms with Gasteiger partial charge in [-0.25, -0.2) is 0 Å². The largest absolute Gasteiger partial charge is 0.122 e. The summed E-state index contributed by atoms with van der Waals surface area (Å²) in [5.41, 5.74) is 0. The summed E-state index contributed by atoms with van der Waals surface area (Å²) < 4.78 is -1.59. The number of thiol groups is 2. The van der Waals surface area contributed by atoms with E-state index in [0.717, 1.165) is 5.75 Å². The Morgan fingerprint density at radius 3 is 2.15 bits per heavy atom. The Kier molecular flexibility index (Phi) is 10.1. The molecular formula is C8H19PS4. The zero-order chi connectivity index (χ0) is 10.2. The van der Waals surface area contributed by atoms with Gasteiger partial charge in [-0.15, -0.1) is 35.9 Å². The summed E-state index contributed by atoms with van der Waals surface area (Å²) in [6, 6.07) is 0. The van der Waals surface area contributed by atoms with E-state index in [9.17, 15) is 0 Å². The van der Waals surface area contributed by atoms with Gasteiger partial charge in [-0.3, -0.25) is 0 Å². The van der Waals surface area contributed by atoms with E-state index in [1.807, 2.05) is 0 Å². The molecule has 0 aliphatic rings. The Morgan fingerprint density at radius 2 is 1.62 bits per heavy atom. The van der Waals surface area contributed by atoms with Crippen LogP contribution >= 0.6 is 39.5 Å². The molecule has 0 aromatic heterocycles. The quantitative estimate of drug-likeness (QED) is 0.356. The van der Waals surface area contributed by atoms with Crippen LogP contribution in [0, 0.1) is 0 Å². The van der Waals surface area contributed by atoms with Gasteiger partial charge in [0, 0.05) is 0 Å². The third kappa shape index (κ3) is 13.7. The van der Waals surface area contributed by atoms with Gasteiger partial charge in [0.1, 0.15) is 3.64 Å². The molecule has 0 aliphatic heterocycles. The standard InChI is InChI=1S/C8H19PS4/c1-2-3-4-5-6-7-8-13-9(10,11)12/h2-8H2,1H3,(H2,10,11,12). The van der Waals surface area contributed by atoms with E-state index in [1.165, 1.54) is 38.5 Å². The molecule has 0 rings (SSSR count). The first kappa shape index (κ1) is 14.7. The number of hydrogen-bond donors (Lipinski definition) is 2. The van der Waals surface area contributed by atoms with Crippen LogP contribution in [0.1, 0.15) is 45.4 Å². The van der Waals surface area contributed by atoms with Crippen molar-refractivity contribution in [1.82, 2.24) is 0 Å². The van der Waals surface area contributed by atoms with Gasteiger partial charge >= 0.3 is 0 Å². The molecule has 13 heavy (non-hydrogen) atoms. The Morgan fingerprint density at radius 1 is 1.08 bits per heavy atom. The number of hydrogen-bond acceptors (Lipinski definition) is 2. The minimum atomic E-state index is -1.59. The summed E-state index contributed by atoms with van der Waals surface area (Å²) in [5, 5.41) is 0. The molecule has 0 unspecified atom stereocenters. The lowest BCUT2D eigenvalue weighted by Gasteiger charge is -2.06. The molecule has 0 N–H and O–H groups in total. The molecule has 0 atom stereocenters. The second-order valence-corrected chi connectivity index (χ2v) is 17.3. The second-order valence-electron chi connectivity index (χ2n) is 3.09. The lowest BCUT2D eigenvalue weighted by Crippen LogP contribution is -1.80. The average molecular weight is 274 g/mol. The molecule has 0 nitrogen and oxygen atoms in total. The smallest absolute Gasteiger partial charge is 0.103 e. The maximum atomic E-state index is 5.11. The maximum absolute atomic E-state index is 5.11. The lowest BCUT2D eigenvalue weighted by atomic mass is 10.1. The predicted molar refractivity (Wildman–Crippen MR) is 78.1 cm³/mol. The Labute approximate surface area is 102 Å². The first-order valence-electron chi connectivity index (χ1n) is 4.76. The van der Waals surface area contributed by atoms with Crippen LogP contribution in [0.25, 0.3) is 0 Å². The highest BCUT2D eigenvalue weighted by Crippen LogP contribution is 2.67. The molecule has 0 aromatic carbocycles. The summed E-state index contributed by atoms with van der Waals surface area (Å²) in [6.45, 7) is 2.24. The van der Waals surface area contributed by atoms with Gasteiger partial charge in [-0.1, -0.05) is 50.8 Å². The van der Waals surface area contributed by atoms with Crippen LogP contribution in [-0.4, -0.2) is 5.75 Å². The fraction of sp³-hybridized carbons (Fsp3) is 1.00. The third-order valence-corrected chi connectivity index (χ3v) is 7.15. The Balaban J connectivity index is 3.04.